The van der Waals surface area contributed by atoms with Gasteiger partial charge in [-0.05, 0) is 24.5 Å². The molecule has 0 atom stereocenters. The Kier molecular flexibility index (Phi) is 3.89. The molecule has 64 valence electrons. The first-order valence-electron chi connectivity index (χ1n) is 4.12. The third kappa shape index (κ3) is 2.71. The van der Waals surface area contributed by atoms with E-state index in [-0.39, 0.29) is 0 Å². The predicted molar refractivity (Wildman–Crippen MR) is 55.6 cm³/mol. The fraction of sp³-hybridized carbons (Fsp3) is 0.273. The maximum atomic E-state index is 5.56. The third-order valence-corrected chi connectivity index (χ3v) is 1.98. The normalized spacial score (nSPS) is 10.8. The van der Waals surface area contributed by atoms with Crippen molar-refractivity contribution in [3.05, 3.63) is 41.5 Å². The van der Waals surface area contributed by atoms with Crippen LogP contribution in [0.2, 0.25) is 0 Å². The summed E-state index contributed by atoms with van der Waals surface area (Å²) in [6.07, 6.45) is 5.17. The molecule has 0 nitrogen and oxygen atoms in total. The van der Waals surface area contributed by atoms with Crippen LogP contribution in [-0.2, 0) is 0 Å². The molecule has 0 heterocycles. The number of benzene rings is 1. The van der Waals surface area contributed by atoms with Crippen LogP contribution in [0.15, 0.2) is 30.3 Å². The number of hydrogen-bond acceptors (Lipinski definition) is 0. The fourth-order valence-electron chi connectivity index (χ4n) is 1.05. The van der Waals surface area contributed by atoms with E-state index in [1.54, 1.807) is 0 Å². The van der Waals surface area contributed by atoms with Crippen LogP contribution in [0.5, 0.6) is 0 Å². The quantitative estimate of drug-likeness (QED) is 0.624. The van der Waals surface area contributed by atoms with E-state index >= 15 is 0 Å². The van der Waals surface area contributed by atoms with E-state index in [4.69, 9.17) is 11.6 Å². The molecule has 0 amide bonds. The Morgan fingerprint density at radius 2 is 2.08 bits per heavy atom. The minimum Gasteiger partial charge on any atom is -0.126 e. The maximum absolute atomic E-state index is 5.56. The van der Waals surface area contributed by atoms with Gasteiger partial charge in [-0.15, -0.1) is 11.6 Å². The lowest BCUT2D eigenvalue weighted by atomic mass is 10.1. The van der Waals surface area contributed by atoms with Gasteiger partial charge in [0.1, 0.15) is 0 Å². The molecule has 0 aliphatic heterocycles. The Labute approximate surface area is 78.9 Å². The van der Waals surface area contributed by atoms with Crippen LogP contribution >= 0.6 is 11.6 Å². The Bertz CT molecular complexity index is 263. The van der Waals surface area contributed by atoms with Crippen molar-refractivity contribution >= 4 is 17.7 Å². The Hall–Kier alpha value is -0.750. The maximum Gasteiger partial charge on any atom is 0.0258 e. The Morgan fingerprint density at radius 1 is 1.33 bits per heavy atom. The van der Waals surface area contributed by atoms with Gasteiger partial charge in [0.05, 0.1) is 0 Å². The van der Waals surface area contributed by atoms with Gasteiger partial charge >= 0.3 is 0 Å². The van der Waals surface area contributed by atoms with Gasteiger partial charge in [0.15, 0.2) is 0 Å². The average Bonchev–Trinajstić information content (AvgIpc) is 2.09. The van der Waals surface area contributed by atoms with Crippen LogP contribution in [0.4, 0.5) is 0 Å². The smallest absolute Gasteiger partial charge is 0.0258 e. The predicted octanol–water partition coefficient (Wildman–Crippen LogP) is 3.64. The summed E-state index contributed by atoms with van der Waals surface area (Å²) in [7, 11) is 0. The summed E-state index contributed by atoms with van der Waals surface area (Å²) in [5.74, 6) is 0.697. The highest BCUT2D eigenvalue weighted by atomic mass is 35.5. The number of hydrogen-bond donors (Lipinski definition) is 0. The van der Waals surface area contributed by atoms with Crippen molar-refractivity contribution in [1.82, 2.24) is 0 Å². The van der Waals surface area contributed by atoms with Crippen molar-refractivity contribution in [1.29, 1.82) is 0 Å². The Morgan fingerprint density at radius 3 is 2.75 bits per heavy atom. The summed E-state index contributed by atoms with van der Waals surface area (Å²) in [6.45, 7) is 2.11. The number of halogens is 1. The van der Waals surface area contributed by atoms with E-state index in [0.29, 0.717) is 5.88 Å². The van der Waals surface area contributed by atoms with Gasteiger partial charge in [-0.2, -0.15) is 0 Å². The van der Waals surface area contributed by atoms with Crippen molar-refractivity contribution in [3.8, 4) is 0 Å². The van der Waals surface area contributed by atoms with Crippen molar-refractivity contribution in [3.63, 3.8) is 0 Å². The molecule has 1 heteroatoms. The molecule has 0 radical (unpaired) electrons. The van der Waals surface area contributed by atoms with Crippen molar-refractivity contribution < 1.29 is 0 Å². The van der Waals surface area contributed by atoms with Gasteiger partial charge < -0.3 is 0 Å². The molecule has 0 spiro atoms. The summed E-state index contributed by atoms with van der Waals surface area (Å²) in [6, 6.07) is 8.32. The van der Waals surface area contributed by atoms with E-state index < -0.39 is 0 Å². The first-order chi connectivity index (χ1) is 5.84. The highest BCUT2D eigenvalue weighted by molar-refractivity contribution is 6.17. The molecule has 1 aromatic rings. The summed E-state index contributed by atoms with van der Waals surface area (Å²) < 4.78 is 0. The molecule has 0 aromatic heterocycles. The first kappa shape index (κ1) is 9.34. The number of aryl methyl sites for hydroxylation is 1. The molecule has 1 rings (SSSR count). The van der Waals surface area contributed by atoms with E-state index in [1.165, 1.54) is 11.1 Å². The topological polar surface area (TPSA) is 0 Å². The molecule has 0 aliphatic rings. The minimum atomic E-state index is 0.697. The summed E-state index contributed by atoms with van der Waals surface area (Å²) in [5.41, 5.74) is 2.59. The van der Waals surface area contributed by atoms with Crippen LogP contribution in [-0.4, -0.2) is 5.88 Å². The zero-order valence-electron chi connectivity index (χ0n) is 7.26. The van der Waals surface area contributed by atoms with E-state index in [0.717, 1.165) is 6.42 Å². The summed E-state index contributed by atoms with van der Waals surface area (Å²) in [4.78, 5) is 0. The van der Waals surface area contributed by atoms with Gasteiger partial charge in [0, 0.05) is 5.88 Å². The second-order valence-corrected chi connectivity index (χ2v) is 3.11. The molecule has 0 aliphatic carbocycles. The average molecular weight is 181 g/mol. The lowest BCUT2D eigenvalue weighted by Gasteiger charge is -1.97. The second kappa shape index (κ2) is 5.00. The molecule has 1 aromatic carbocycles. The van der Waals surface area contributed by atoms with Crippen LogP contribution in [0.3, 0.4) is 0 Å². The van der Waals surface area contributed by atoms with E-state index in [1.807, 2.05) is 12.1 Å². The number of allylic oxidation sites excluding steroid dienone is 1. The van der Waals surface area contributed by atoms with Gasteiger partial charge in [-0.25, -0.2) is 0 Å². The van der Waals surface area contributed by atoms with Gasteiger partial charge in [0.25, 0.3) is 0 Å². The van der Waals surface area contributed by atoms with Crippen LogP contribution in [0.1, 0.15) is 17.5 Å². The standard InChI is InChI=1S/C11H13Cl/c1-10-6-2-3-7-11(10)8-4-5-9-12/h2-4,6-8H,5,9H2,1H3/b8-4+. The molecule has 0 fully saturated rings. The zero-order chi connectivity index (χ0) is 8.81. The molecule has 12 heavy (non-hydrogen) atoms. The number of alkyl halides is 1. The lowest BCUT2D eigenvalue weighted by molar-refractivity contribution is 1.24. The van der Waals surface area contributed by atoms with Crippen molar-refractivity contribution in [2.24, 2.45) is 0 Å². The molecule has 0 bridgehead atoms. The van der Waals surface area contributed by atoms with Crippen LogP contribution in [0.25, 0.3) is 6.08 Å². The first-order valence-corrected chi connectivity index (χ1v) is 4.66. The van der Waals surface area contributed by atoms with Gasteiger partial charge in [-0.1, -0.05) is 36.4 Å². The van der Waals surface area contributed by atoms with E-state index in [2.05, 4.69) is 31.2 Å². The van der Waals surface area contributed by atoms with Crippen LogP contribution in [0, 0.1) is 6.92 Å². The highest BCUT2D eigenvalue weighted by Crippen LogP contribution is 2.09. The lowest BCUT2D eigenvalue weighted by Crippen LogP contribution is -1.77. The molecule has 0 saturated carbocycles. The fourth-order valence-corrected chi connectivity index (χ4v) is 1.17. The molecule has 0 saturated heterocycles. The van der Waals surface area contributed by atoms with Gasteiger partial charge in [0.2, 0.25) is 0 Å². The second-order valence-electron chi connectivity index (χ2n) is 2.74. The molecular formula is C11H13Cl. The minimum absolute atomic E-state index is 0.697. The van der Waals surface area contributed by atoms with Crippen LogP contribution < -0.4 is 0 Å². The van der Waals surface area contributed by atoms with Crippen molar-refractivity contribution in [2.75, 3.05) is 5.88 Å². The summed E-state index contributed by atoms with van der Waals surface area (Å²) in [5, 5.41) is 0. The molecule has 0 unspecified atom stereocenters. The van der Waals surface area contributed by atoms with Crippen molar-refractivity contribution in [2.45, 2.75) is 13.3 Å². The molecule has 0 N–H and O–H groups in total. The van der Waals surface area contributed by atoms with E-state index in [9.17, 15) is 0 Å². The molecular weight excluding hydrogens is 168 g/mol. The largest absolute Gasteiger partial charge is 0.126 e. The van der Waals surface area contributed by atoms with Gasteiger partial charge in [-0.3, -0.25) is 0 Å². The number of rotatable bonds is 3. The summed E-state index contributed by atoms with van der Waals surface area (Å²) >= 11 is 5.56. The SMILES string of the molecule is Cc1ccccc1/C=C/CCCl. The third-order valence-electron chi connectivity index (χ3n) is 1.76. The Balaban J connectivity index is 2.68. The zero-order valence-corrected chi connectivity index (χ0v) is 8.01. The monoisotopic (exact) mass is 180 g/mol. The highest BCUT2D eigenvalue weighted by Gasteiger charge is 1.89.